The molecule has 6 heteroatoms. The SMILES string of the molecule is CN(CC[N+]1(C)CCCC1)P(=O)(N1CCCC1)N1CCCC1. The van der Waals surface area contributed by atoms with E-state index < -0.39 is 7.59 Å². The van der Waals surface area contributed by atoms with E-state index in [2.05, 4.69) is 28.1 Å². The van der Waals surface area contributed by atoms with Crippen LogP contribution in [-0.2, 0) is 4.57 Å². The summed E-state index contributed by atoms with van der Waals surface area (Å²) in [5, 5.41) is 0. The molecular weight excluding hydrogens is 295 g/mol. The minimum Gasteiger partial charge on any atom is -0.325 e. The minimum absolute atomic E-state index is 0.959. The Kier molecular flexibility index (Phi) is 5.30. The monoisotopic (exact) mass is 329 g/mol. The summed E-state index contributed by atoms with van der Waals surface area (Å²) in [5.41, 5.74) is 0. The van der Waals surface area contributed by atoms with Crippen LogP contribution in [0.5, 0.6) is 0 Å². The summed E-state index contributed by atoms with van der Waals surface area (Å²) in [6.45, 7) is 8.77. The number of nitrogens with zero attached hydrogens (tertiary/aromatic N) is 4. The first-order valence-electron chi connectivity index (χ1n) is 9.21. The van der Waals surface area contributed by atoms with Gasteiger partial charge < -0.3 is 4.48 Å². The molecule has 3 rings (SSSR count). The number of rotatable bonds is 6. The minimum atomic E-state index is -2.50. The van der Waals surface area contributed by atoms with Crippen LogP contribution < -0.4 is 0 Å². The Labute approximate surface area is 136 Å². The van der Waals surface area contributed by atoms with Crippen LogP contribution in [0, 0.1) is 0 Å². The molecule has 0 aromatic heterocycles. The highest BCUT2D eigenvalue weighted by Gasteiger charge is 2.43. The Balaban J connectivity index is 1.68. The zero-order valence-electron chi connectivity index (χ0n) is 14.5. The molecule has 0 atom stereocenters. The average Bonchev–Trinajstić information content (AvgIpc) is 3.25. The second-order valence-electron chi connectivity index (χ2n) is 7.71. The van der Waals surface area contributed by atoms with Crippen LogP contribution in [0.15, 0.2) is 0 Å². The van der Waals surface area contributed by atoms with E-state index in [1.54, 1.807) is 0 Å². The van der Waals surface area contributed by atoms with Crippen molar-refractivity contribution in [3.63, 3.8) is 0 Å². The topological polar surface area (TPSA) is 26.8 Å². The number of quaternary nitrogens is 1. The third kappa shape index (κ3) is 3.29. The lowest BCUT2D eigenvalue weighted by Crippen LogP contribution is -2.47. The van der Waals surface area contributed by atoms with E-state index in [1.807, 2.05) is 0 Å². The zero-order chi connectivity index (χ0) is 15.6. The summed E-state index contributed by atoms with van der Waals surface area (Å²) in [6.07, 6.45) is 7.55. The van der Waals surface area contributed by atoms with Gasteiger partial charge in [0.25, 0.3) is 7.59 Å². The Bertz CT molecular complexity index is 392. The fraction of sp³-hybridized carbons (Fsp3) is 1.00. The van der Waals surface area contributed by atoms with Gasteiger partial charge in [0.1, 0.15) is 0 Å². The maximum atomic E-state index is 14.0. The van der Waals surface area contributed by atoms with Gasteiger partial charge in [0.05, 0.1) is 33.2 Å². The molecule has 0 saturated carbocycles. The van der Waals surface area contributed by atoms with E-state index >= 15 is 0 Å². The zero-order valence-corrected chi connectivity index (χ0v) is 15.4. The molecule has 0 unspecified atom stereocenters. The number of hydrogen-bond acceptors (Lipinski definition) is 1. The van der Waals surface area contributed by atoms with Gasteiger partial charge in [0.2, 0.25) is 0 Å². The highest BCUT2D eigenvalue weighted by molar-refractivity contribution is 7.56. The molecule has 0 bridgehead atoms. The van der Waals surface area contributed by atoms with Crippen LogP contribution in [0.3, 0.4) is 0 Å². The first-order chi connectivity index (χ1) is 10.5. The molecule has 3 heterocycles. The summed E-state index contributed by atoms with van der Waals surface area (Å²) in [7, 11) is 1.98. The van der Waals surface area contributed by atoms with Crippen LogP contribution >= 0.6 is 7.59 Å². The summed E-state index contributed by atoms with van der Waals surface area (Å²) in [6, 6.07) is 0. The normalized spacial score (nSPS) is 27.2. The molecule has 3 saturated heterocycles. The number of likely N-dealkylation sites (N-methyl/N-ethyl adjacent to an activating group) is 2. The fourth-order valence-corrected chi connectivity index (χ4v) is 7.55. The van der Waals surface area contributed by atoms with Crippen LogP contribution in [0.4, 0.5) is 0 Å². The second-order valence-corrected chi connectivity index (χ2v) is 10.6. The third-order valence-electron chi connectivity index (χ3n) is 5.96. The largest absolute Gasteiger partial charge is 0.325 e. The number of likely N-dealkylation sites (tertiary alicyclic amines) is 1. The third-order valence-corrected chi connectivity index (χ3v) is 9.32. The van der Waals surface area contributed by atoms with Crippen molar-refractivity contribution in [1.29, 1.82) is 0 Å². The van der Waals surface area contributed by atoms with Crippen LogP contribution in [0.25, 0.3) is 0 Å². The van der Waals surface area contributed by atoms with Crippen LogP contribution in [0.1, 0.15) is 38.5 Å². The summed E-state index contributed by atoms with van der Waals surface area (Å²) < 4.78 is 22.0. The molecule has 0 aromatic rings. The maximum Gasteiger partial charge on any atom is 0.286 e. The van der Waals surface area contributed by atoms with Crippen molar-refractivity contribution in [1.82, 2.24) is 14.0 Å². The number of hydrogen-bond donors (Lipinski definition) is 0. The standard InChI is InChI=1S/C16H34N4OP/c1-17(13-16-20(2)14-7-8-15-20)22(21,18-9-3-4-10-18)19-11-5-6-12-19/h3-16H2,1-2H3/q+1. The smallest absolute Gasteiger partial charge is 0.286 e. The summed E-state index contributed by atoms with van der Waals surface area (Å²) in [5.74, 6) is 0. The average molecular weight is 329 g/mol. The highest BCUT2D eigenvalue weighted by atomic mass is 31.2. The van der Waals surface area contributed by atoms with Crippen LogP contribution in [0.2, 0.25) is 0 Å². The molecule has 0 N–H and O–H groups in total. The Morgan fingerprint density at radius 3 is 1.82 bits per heavy atom. The Hall–Kier alpha value is 0.0700. The van der Waals surface area contributed by atoms with Gasteiger partial charge in [-0.2, -0.15) is 0 Å². The van der Waals surface area contributed by atoms with Crippen LogP contribution in [-0.4, -0.2) is 84.9 Å². The van der Waals surface area contributed by atoms with E-state index in [4.69, 9.17) is 0 Å². The summed E-state index contributed by atoms with van der Waals surface area (Å²) in [4.78, 5) is 0. The van der Waals surface area contributed by atoms with Crippen molar-refractivity contribution < 1.29 is 9.05 Å². The second kappa shape index (κ2) is 6.90. The van der Waals surface area contributed by atoms with Gasteiger partial charge in [-0.1, -0.05) is 0 Å². The lowest BCUT2D eigenvalue weighted by Gasteiger charge is -2.41. The molecule has 0 aromatic carbocycles. The van der Waals surface area contributed by atoms with E-state index in [1.165, 1.54) is 56.1 Å². The predicted octanol–water partition coefficient (Wildman–Crippen LogP) is 2.46. The van der Waals surface area contributed by atoms with E-state index in [0.717, 1.165) is 39.3 Å². The first-order valence-corrected chi connectivity index (χ1v) is 10.8. The molecule has 0 radical (unpaired) electrons. The van der Waals surface area contributed by atoms with Gasteiger partial charge in [0.15, 0.2) is 0 Å². The van der Waals surface area contributed by atoms with Crippen molar-refractivity contribution in [2.45, 2.75) is 38.5 Å². The van der Waals surface area contributed by atoms with Crippen molar-refractivity contribution in [3.8, 4) is 0 Å². The Morgan fingerprint density at radius 2 is 1.36 bits per heavy atom. The molecule has 3 aliphatic rings. The van der Waals surface area contributed by atoms with E-state index in [-0.39, 0.29) is 0 Å². The van der Waals surface area contributed by atoms with Gasteiger partial charge in [-0.15, -0.1) is 0 Å². The molecule has 3 fully saturated rings. The molecule has 0 spiro atoms. The fourth-order valence-electron chi connectivity index (χ4n) is 4.37. The molecule has 0 amide bonds. The van der Waals surface area contributed by atoms with Gasteiger partial charge in [-0.25, -0.2) is 14.0 Å². The van der Waals surface area contributed by atoms with Gasteiger partial charge >= 0.3 is 0 Å². The van der Waals surface area contributed by atoms with Crippen molar-refractivity contribution in [2.24, 2.45) is 0 Å². The van der Waals surface area contributed by atoms with Crippen molar-refractivity contribution >= 4 is 7.59 Å². The van der Waals surface area contributed by atoms with Crippen molar-refractivity contribution in [3.05, 3.63) is 0 Å². The Morgan fingerprint density at radius 1 is 0.909 bits per heavy atom. The molecule has 5 nitrogen and oxygen atoms in total. The quantitative estimate of drug-likeness (QED) is 0.552. The summed E-state index contributed by atoms with van der Waals surface area (Å²) >= 11 is 0. The predicted molar refractivity (Wildman–Crippen MR) is 91.9 cm³/mol. The highest BCUT2D eigenvalue weighted by Crippen LogP contribution is 2.58. The van der Waals surface area contributed by atoms with Gasteiger partial charge in [-0.05, 0) is 32.7 Å². The van der Waals surface area contributed by atoms with Gasteiger partial charge in [0, 0.05) is 39.0 Å². The van der Waals surface area contributed by atoms with E-state index in [9.17, 15) is 4.57 Å². The molecule has 3 aliphatic heterocycles. The maximum absolute atomic E-state index is 14.0. The first kappa shape index (κ1) is 16.9. The van der Waals surface area contributed by atoms with Gasteiger partial charge in [-0.3, -0.25) is 4.57 Å². The van der Waals surface area contributed by atoms with Crippen molar-refractivity contribution in [2.75, 3.05) is 66.5 Å². The molecule has 0 aliphatic carbocycles. The van der Waals surface area contributed by atoms with E-state index in [0.29, 0.717) is 0 Å². The lowest BCUT2D eigenvalue weighted by molar-refractivity contribution is -0.896. The molecular formula is C16H34N4OP+. The lowest BCUT2D eigenvalue weighted by atomic mass is 10.4. The molecule has 128 valence electrons. The molecule has 22 heavy (non-hydrogen) atoms.